The van der Waals surface area contributed by atoms with Gasteiger partial charge in [0.2, 0.25) is 0 Å². The van der Waals surface area contributed by atoms with Crippen LogP contribution in [0.4, 0.5) is 18.9 Å². The molecule has 1 aromatic rings. The quantitative estimate of drug-likeness (QED) is 0.822. The number of hydrogen-bond acceptors (Lipinski definition) is 3. The van der Waals surface area contributed by atoms with Gasteiger partial charge in [0.1, 0.15) is 0 Å². The van der Waals surface area contributed by atoms with Crippen LogP contribution in [0.5, 0.6) is 0 Å². The Balaban J connectivity index is 3.24. The van der Waals surface area contributed by atoms with Gasteiger partial charge in [-0.15, -0.1) is 0 Å². The van der Waals surface area contributed by atoms with E-state index < -0.39 is 20.2 Å². The molecule has 96 valence electrons. The highest BCUT2D eigenvalue weighted by molar-refractivity contribution is 14.1. The van der Waals surface area contributed by atoms with Crippen LogP contribution in [-0.4, -0.2) is 20.5 Å². The number of nitrogens with one attached hydrogen (secondary N) is 1. The van der Waals surface area contributed by atoms with Crippen molar-refractivity contribution in [3.05, 3.63) is 21.8 Å². The van der Waals surface area contributed by atoms with Gasteiger partial charge in [0.15, 0.2) is 0 Å². The molecule has 1 N–H and O–H groups in total. The van der Waals surface area contributed by atoms with E-state index in [9.17, 15) is 21.6 Å². The lowest BCUT2D eigenvalue weighted by atomic mass is 10.3. The zero-order valence-corrected chi connectivity index (χ0v) is 11.6. The molecule has 1 aromatic carbocycles. The van der Waals surface area contributed by atoms with Gasteiger partial charge in [-0.2, -0.15) is 13.2 Å². The monoisotopic (exact) mass is 379 g/mol. The van der Waals surface area contributed by atoms with Crippen LogP contribution in [0.1, 0.15) is 6.92 Å². The van der Waals surface area contributed by atoms with Crippen molar-refractivity contribution in [3.63, 3.8) is 0 Å². The van der Waals surface area contributed by atoms with E-state index >= 15 is 0 Å². The van der Waals surface area contributed by atoms with Gasteiger partial charge in [0, 0.05) is 15.8 Å². The van der Waals surface area contributed by atoms with Crippen molar-refractivity contribution in [2.45, 2.75) is 17.3 Å². The molecule has 0 bridgehead atoms. The van der Waals surface area contributed by atoms with E-state index in [1.54, 1.807) is 22.6 Å². The summed E-state index contributed by atoms with van der Waals surface area (Å²) >= 11 is 1.78. The van der Waals surface area contributed by atoms with Gasteiger partial charge in [-0.25, -0.2) is 8.42 Å². The second-order valence-corrected chi connectivity index (χ2v) is 6.22. The minimum absolute atomic E-state index is 0.426. The minimum Gasteiger partial charge on any atom is -0.384 e. The molecule has 0 atom stereocenters. The standard InChI is InChI=1S/C9H9F3INO2S/c1-2-14-8-4-3-6(5-7(8)13)17(15,16)9(10,11)12/h3-5,14H,2H2,1H3. The molecule has 0 aliphatic rings. The van der Waals surface area contributed by atoms with E-state index in [0.717, 1.165) is 12.1 Å². The summed E-state index contributed by atoms with van der Waals surface area (Å²) in [6.07, 6.45) is 0. The number of alkyl halides is 3. The molecule has 0 saturated carbocycles. The van der Waals surface area contributed by atoms with Gasteiger partial charge in [-0.1, -0.05) is 0 Å². The SMILES string of the molecule is CCNc1ccc(S(=O)(=O)C(F)(F)F)cc1I. The molecule has 0 unspecified atom stereocenters. The largest absolute Gasteiger partial charge is 0.501 e. The maximum absolute atomic E-state index is 12.3. The van der Waals surface area contributed by atoms with Crippen molar-refractivity contribution >= 4 is 38.1 Å². The fraction of sp³-hybridized carbons (Fsp3) is 0.333. The third-order valence-corrected chi connectivity index (χ3v) is 4.30. The minimum atomic E-state index is -5.27. The van der Waals surface area contributed by atoms with Crippen molar-refractivity contribution in [2.24, 2.45) is 0 Å². The molecular weight excluding hydrogens is 370 g/mol. The first-order chi connectivity index (χ1) is 7.70. The van der Waals surface area contributed by atoms with Gasteiger partial charge < -0.3 is 5.32 Å². The van der Waals surface area contributed by atoms with E-state index in [0.29, 0.717) is 15.8 Å². The number of sulfone groups is 1. The van der Waals surface area contributed by atoms with Crippen LogP contribution >= 0.6 is 22.6 Å². The fourth-order valence-electron chi connectivity index (χ4n) is 1.13. The highest BCUT2D eigenvalue weighted by atomic mass is 127. The second-order valence-electron chi connectivity index (χ2n) is 3.12. The zero-order valence-electron chi connectivity index (χ0n) is 8.68. The number of halogens is 4. The van der Waals surface area contributed by atoms with Crippen LogP contribution in [0.15, 0.2) is 23.1 Å². The third-order valence-electron chi connectivity index (χ3n) is 1.92. The Bertz CT molecular complexity index is 513. The summed E-state index contributed by atoms with van der Waals surface area (Å²) in [4.78, 5) is -0.740. The summed E-state index contributed by atoms with van der Waals surface area (Å²) in [5, 5.41) is 2.91. The van der Waals surface area contributed by atoms with E-state index in [4.69, 9.17) is 0 Å². The lowest BCUT2D eigenvalue weighted by Crippen LogP contribution is -2.23. The average Bonchev–Trinajstić information content (AvgIpc) is 2.19. The smallest absolute Gasteiger partial charge is 0.384 e. The number of rotatable bonds is 3. The molecule has 0 aromatic heterocycles. The normalized spacial score (nSPS) is 12.5. The van der Waals surface area contributed by atoms with Crippen LogP contribution in [0.3, 0.4) is 0 Å². The van der Waals surface area contributed by atoms with Crippen molar-refractivity contribution < 1.29 is 21.6 Å². The zero-order chi connectivity index (χ0) is 13.3. The highest BCUT2D eigenvalue weighted by Crippen LogP contribution is 2.32. The molecule has 0 amide bonds. The van der Waals surface area contributed by atoms with E-state index in [1.807, 2.05) is 6.92 Å². The number of hydrogen-bond donors (Lipinski definition) is 1. The summed E-state index contributed by atoms with van der Waals surface area (Å²) in [6, 6.07) is 3.27. The van der Waals surface area contributed by atoms with Crippen LogP contribution in [0.25, 0.3) is 0 Å². The Kier molecular flexibility index (Phi) is 4.28. The van der Waals surface area contributed by atoms with Crippen LogP contribution in [0.2, 0.25) is 0 Å². The molecule has 1 rings (SSSR count). The van der Waals surface area contributed by atoms with E-state index in [1.165, 1.54) is 6.07 Å². The summed E-state index contributed by atoms with van der Waals surface area (Å²) in [7, 11) is -5.26. The molecule has 0 aliphatic carbocycles. The van der Waals surface area contributed by atoms with Gasteiger partial charge in [-0.3, -0.25) is 0 Å². The predicted octanol–water partition coefficient (Wildman–Crippen LogP) is 3.02. The third kappa shape index (κ3) is 3.03. The summed E-state index contributed by atoms with van der Waals surface area (Å²) < 4.78 is 59.6. The Morgan fingerprint density at radius 1 is 1.35 bits per heavy atom. The van der Waals surface area contributed by atoms with E-state index in [2.05, 4.69) is 5.32 Å². The first-order valence-corrected chi connectivity index (χ1v) is 7.11. The van der Waals surface area contributed by atoms with Gasteiger partial charge in [-0.05, 0) is 47.7 Å². The van der Waals surface area contributed by atoms with Crippen molar-refractivity contribution in [3.8, 4) is 0 Å². The Morgan fingerprint density at radius 3 is 2.35 bits per heavy atom. The molecule has 17 heavy (non-hydrogen) atoms. The first-order valence-electron chi connectivity index (χ1n) is 4.55. The summed E-state index contributed by atoms with van der Waals surface area (Å²) in [5.74, 6) is 0. The predicted molar refractivity (Wildman–Crippen MR) is 66.6 cm³/mol. The van der Waals surface area contributed by atoms with Crippen LogP contribution in [0, 0.1) is 3.57 Å². The van der Waals surface area contributed by atoms with Gasteiger partial charge in [0.05, 0.1) is 4.90 Å². The molecular formula is C9H9F3INO2S. The van der Waals surface area contributed by atoms with Crippen molar-refractivity contribution in [2.75, 3.05) is 11.9 Å². The summed E-state index contributed by atoms with van der Waals surface area (Å²) in [5.41, 5.74) is -4.66. The Labute approximate surface area is 110 Å². The van der Waals surface area contributed by atoms with Gasteiger partial charge in [0.25, 0.3) is 9.84 Å². The Morgan fingerprint density at radius 2 is 1.94 bits per heavy atom. The van der Waals surface area contributed by atoms with Crippen molar-refractivity contribution in [1.82, 2.24) is 0 Å². The average molecular weight is 379 g/mol. The number of benzene rings is 1. The molecule has 0 fully saturated rings. The van der Waals surface area contributed by atoms with E-state index in [-0.39, 0.29) is 0 Å². The fourth-order valence-corrected chi connectivity index (χ4v) is 2.84. The molecule has 3 nitrogen and oxygen atoms in total. The molecule has 0 aliphatic heterocycles. The first kappa shape index (κ1) is 14.6. The lowest BCUT2D eigenvalue weighted by molar-refractivity contribution is -0.0436. The van der Waals surface area contributed by atoms with Crippen LogP contribution in [-0.2, 0) is 9.84 Å². The molecule has 0 spiro atoms. The maximum Gasteiger partial charge on any atom is 0.501 e. The molecule has 0 saturated heterocycles. The maximum atomic E-state index is 12.3. The lowest BCUT2D eigenvalue weighted by Gasteiger charge is -2.11. The molecule has 8 heteroatoms. The van der Waals surface area contributed by atoms with Crippen molar-refractivity contribution in [1.29, 1.82) is 0 Å². The second kappa shape index (κ2) is 5.01. The summed E-state index contributed by atoms with van der Waals surface area (Å²) in [6.45, 7) is 2.43. The molecule has 0 radical (unpaired) electrons. The highest BCUT2D eigenvalue weighted by Gasteiger charge is 2.46. The Hall–Kier alpha value is -0.510. The van der Waals surface area contributed by atoms with Crippen LogP contribution < -0.4 is 5.32 Å². The van der Waals surface area contributed by atoms with Gasteiger partial charge >= 0.3 is 5.51 Å². The topological polar surface area (TPSA) is 46.2 Å². The number of anilines is 1. The molecule has 0 heterocycles.